The maximum absolute atomic E-state index is 13.1. The van der Waals surface area contributed by atoms with Crippen molar-refractivity contribution in [3.05, 3.63) is 48.4 Å². The first-order valence-electron chi connectivity index (χ1n) is 11.3. The van der Waals surface area contributed by atoms with E-state index in [0.717, 1.165) is 24.5 Å². The molecule has 6 rings (SSSR count). The van der Waals surface area contributed by atoms with Gasteiger partial charge in [0.2, 0.25) is 17.6 Å². The lowest BCUT2D eigenvalue weighted by Gasteiger charge is -2.42. The fraction of sp³-hybridized carbons (Fsp3) is 0.522. The van der Waals surface area contributed by atoms with Crippen LogP contribution in [0.3, 0.4) is 0 Å². The first-order valence-corrected chi connectivity index (χ1v) is 11.3. The SMILES string of the molecule is O=C(CCc1nc(-c2ccccc2)no1)N1CC(c2nncn2C2CC2)C2(CCC2)C1. The van der Waals surface area contributed by atoms with Crippen molar-refractivity contribution in [1.29, 1.82) is 0 Å². The second-order valence-electron chi connectivity index (χ2n) is 9.25. The molecule has 8 heteroatoms. The van der Waals surface area contributed by atoms with Crippen LogP contribution in [0.5, 0.6) is 0 Å². The topological polar surface area (TPSA) is 89.9 Å². The average Bonchev–Trinajstić information content (AvgIpc) is 3.20. The fourth-order valence-corrected chi connectivity index (χ4v) is 5.22. The van der Waals surface area contributed by atoms with Crippen molar-refractivity contribution >= 4 is 5.91 Å². The van der Waals surface area contributed by atoms with Crippen LogP contribution in [-0.2, 0) is 11.2 Å². The van der Waals surface area contributed by atoms with E-state index in [2.05, 4.69) is 24.9 Å². The van der Waals surface area contributed by atoms with Crippen LogP contribution in [0.15, 0.2) is 41.2 Å². The zero-order valence-corrected chi connectivity index (χ0v) is 17.5. The van der Waals surface area contributed by atoms with E-state index in [9.17, 15) is 4.79 Å². The van der Waals surface area contributed by atoms with Gasteiger partial charge in [0.1, 0.15) is 12.2 Å². The molecule has 0 N–H and O–H groups in total. The Bertz CT molecular complexity index is 1080. The molecular weight excluding hydrogens is 392 g/mol. The summed E-state index contributed by atoms with van der Waals surface area (Å²) in [4.78, 5) is 19.6. The largest absolute Gasteiger partial charge is 0.341 e. The molecule has 0 bridgehead atoms. The molecule has 31 heavy (non-hydrogen) atoms. The van der Waals surface area contributed by atoms with Crippen LogP contribution in [0.4, 0.5) is 0 Å². The van der Waals surface area contributed by atoms with E-state index in [1.165, 1.54) is 32.1 Å². The Morgan fingerprint density at radius 1 is 1.19 bits per heavy atom. The fourth-order valence-electron chi connectivity index (χ4n) is 5.22. The number of carbonyl (C=O) groups is 1. The lowest BCUT2D eigenvalue weighted by atomic mass is 9.62. The molecule has 1 spiro atoms. The third kappa shape index (κ3) is 3.34. The van der Waals surface area contributed by atoms with Crippen molar-refractivity contribution < 1.29 is 9.32 Å². The molecular formula is C23H26N6O2. The van der Waals surface area contributed by atoms with Gasteiger partial charge in [0.05, 0.1) is 0 Å². The minimum atomic E-state index is 0.158. The maximum Gasteiger partial charge on any atom is 0.227 e. The highest BCUT2D eigenvalue weighted by atomic mass is 16.5. The number of hydrogen-bond acceptors (Lipinski definition) is 6. The summed E-state index contributed by atoms with van der Waals surface area (Å²) in [6, 6.07) is 10.3. The van der Waals surface area contributed by atoms with E-state index < -0.39 is 0 Å². The summed E-state index contributed by atoms with van der Waals surface area (Å²) in [6.45, 7) is 1.57. The van der Waals surface area contributed by atoms with Gasteiger partial charge in [-0.2, -0.15) is 4.98 Å². The Morgan fingerprint density at radius 2 is 2.03 bits per heavy atom. The van der Waals surface area contributed by atoms with E-state index in [4.69, 9.17) is 4.52 Å². The number of amides is 1. The number of likely N-dealkylation sites (tertiary alicyclic amines) is 1. The molecule has 1 saturated heterocycles. The van der Waals surface area contributed by atoms with Crippen LogP contribution in [0.1, 0.15) is 62.2 Å². The van der Waals surface area contributed by atoms with Gasteiger partial charge in [-0.15, -0.1) is 10.2 Å². The molecule has 3 aromatic rings. The van der Waals surface area contributed by atoms with Crippen LogP contribution in [-0.4, -0.2) is 48.8 Å². The van der Waals surface area contributed by atoms with Crippen molar-refractivity contribution in [3.63, 3.8) is 0 Å². The quantitative estimate of drug-likeness (QED) is 0.610. The van der Waals surface area contributed by atoms with Gasteiger partial charge in [-0.25, -0.2) is 0 Å². The number of aromatic nitrogens is 5. The first kappa shape index (κ1) is 18.7. The zero-order chi connectivity index (χ0) is 20.8. The van der Waals surface area contributed by atoms with Crippen molar-refractivity contribution in [1.82, 2.24) is 29.8 Å². The van der Waals surface area contributed by atoms with E-state index in [1.54, 1.807) is 0 Å². The zero-order valence-electron chi connectivity index (χ0n) is 17.5. The maximum atomic E-state index is 13.1. The van der Waals surface area contributed by atoms with Crippen molar-refractivity contribution in [3.8, 4) is 11.4 Å². The third-order valence-electron chi connectivity index (χ3n) is 7.26. The summed E-state index contributed by atoms with van der Waals surface area (Å²) in [7, 11) is 0. The normalized spacial score (nSPS) is 22.1. The standard InChI is InChI=1S/C23H26N6O2/c30-20(10-9-19-25-21(27-31-19)16-5-2-1-3-6-16)28-13-18(23(14-28)11-4-12-23)22-26-24-15-29(22)17-7-8-17/h1-3,5-6,15,17-18H,4,7-14H2. The molecule has 0 radical (unpaired) electrons. The van der Waals surface area contributed by atoms with E-state index >= 15 is 0 Å². The molecule has 3 fully saturated rings. The van der Waals surface area contributed by atoms with Gasteiger partial charge in [-0.1, -0.05) is 41.9 Å². The number of nitrogens with zero attached hydrogens (tertiary/aromatic N) is 6. The summed E-state index contributed by atoms with van der Waals surface area (Å²) >= 11 is 0. The molecule has 1 unspecified atom stereocenters. The molecule has 1 aliphatic heterocycles. The van der Waals surface area contributed by atoms with Crippen molar-refractivity contribution in [2.24, 2.45) is 5.41 Å². The smallest absolute Gasteiger partial charge is 0.227 e. The Morgan fingerprint density at radius 3 is 2.77 bits per heavy atom. The molecule has 3 aliphatic rings. The lowest BCUT2D eigenvalue weighted by molar-refractivity contribution is -0.130. The molecule has 1 aromatic carbocycles. The molecule has 1 amide bonds. The second kappa shape index (κ2) is 7.28. The molecule has 2 aromatic heterocycles. The van der Waals surface area contributed by atoms with Gasteiger partial charge in [0.25, 0.3) is 0 Å². The van der Waals surface area contributed by atoms with Gasteiger partial charge >= 0.3 is 0 Å². The summed E-state index contributed by atoms with van der Waals surface area (Å²) < 4.78 is 7.65. The molecule has 160 valence electrons. The van der Waals surface area contributed by atoms with Gasteiger partial charge < -0.3 is 14.0 Å². The summed E-state index contributed by atoms with van der Waals surface area (Å²) in [5.41, 5.74) is 1.10. The third-order valence-corrected chi connectivity index (χ3v) is 7.26. The number of aryl methyl sites for hydroxylation is 1. The minimum absolute atomic E-state index is 0.158. The number of hydrogen-bond donors (Lipinski definition) is 0. The van der Waals surface area contributed by atoms with Crippen LogP contribution >= 0.6 is 0 Å². The molecule has 2 saturated carbocycles. The first-order chi connectivity index (χ1) is 15.2. The predicted octanol–water partition coefficient (Wildman–Crippen LogP) is 3.39. The minimum Gasteiger partial charge on any atom is -0.341 e. The lowest BCUT2D eigenvalue weighted by Crippen LogP contribution is -2.38. The van der Waals surface area contributed by atoms with Crippen molar-refractivity contribution in [2.45, 2.75) is 56.9 Å². The van der Waals surface area contributed by atoms with Gasteiger partial charge in [0.15, 0.2) is 0 Å². The Labute approximate surface area is 180 Å². The van der Waals surface area contributed by atoms with Gasteiger partial charge in [-0.05, 0) is 31.1 Å². The Hall–Kier alpha value is -3.03. The van der Waals surface area contributed by atoms with E-state index in [-0.39, 0.29) is 11.3 Å². The highest BCUT2D eigenvalue weighted by Gasteiger charge is 2.54. The number of benzene rings is 1. The van der Waals surface area contributed by atoms with Crippen molar-refractivity contribution in [2.75, 3.05) is 13.1 Å². The molecule has 2 aliphatic carbocycles. The van der Waals surface area contributed by atoms with Crippen LogP contribution in [0.2, 0.25) is 0 Å². The second-order valence-corrected chi connectivity index (χ2v) is 9.25. The Balaban J connectivity index is 1.13. The van der Waals surface area contributed by atoms with E-state index in [0.29, 0.717) is 36.5 Å². The average molecular weight is 419 g/mol. The van der Waals surface area contributed by atoms with E-state index in [1.807, 2.05) is 41.6 Å². The Kier molecular flexibility index (Phi) is 4.40. The summed E-state index contributed by atoms with van der Waals surface area (Å²) in [5.74, 6) is 2.61. The number of rotatable bonds is 6. The molecule has 3 heterocycles. The highest BCUT2D eigenvalue weighted by molar-refractivity contribution is 5.77. The van der Waals surface area contributed by atoms with Crippen LogP contribution in [0, 0.1) is 5.41 Å². The van der Waals surface area contributed by atoms with Gasteiger partial charge in [0, 0.05) is 43.5 Å². The number of carbonyl (C=O) groups excluding carboxylic acids is 1. The summed E-state index contributed by atoms with van der Waals surface area (Å²) in [6.07, 6.45) is 8.72. The monoisotopic (exact) mass is 418 g/mol. The van der Waals surface area contributed by atoms with Gasteiger partial charge in [-0.3, -0.25) is 4.79 Å². The molecule has 8 nitrogen and oxygen atoms in total. The summed E-state index contributed by atoms with van der Waals surface area (Å²) in [5, 5.41) is 12.8. The van der Waals surface area contributed by atoms with Crippen LogP contribution in [0.25, 0.3) is 11.4 Å². The predicted molar refractivity (Wildman–Crippen MR) is 112 cm³/mol. The molecule has 1 atom stereocenters. The highest BCUT2D eigenvalue weighted by Crippen LogP contribution is 2.56. The van der Waals surface area contributed by atoms with Crippen LogP contribution < -0.4 is 0 Å².